The van der Waals surface area contributed by atoms with Gasteiger partial charge in [-0.05, 0) is 126 Å². The molecule has 0 bridgehead atoms. The molecule has 1 heterocycles. The van der Waals surface area contributed by atoms with Gasteiger partial charge < -0.3 is 9.64 Å². The van der Waals surface area contributed by atoms with Gasteiger partial charge in [0.1, 0.15) is 11.5 Å². The summed E-state index contributed by atoms with van der Waals surface area (Å²) in [7, 11) is -2.81. The molecule has 308 valence electrons. The summed E-state index contributed by atoms with van der Waals surface area (Å²) >= 11 is 0. The lowest BCUT2D eigenvalue weighted by Gasteiger charge is -2.46. The first kappa shape index (κ1) is 41.0. The van der Waals surface area contributed by atoms with Gasteiger partial charge in [-0.1, -0.05) is 184 Å². The van der Waals surface area contributed by atoms with Gasteiger partial charge in [-0.15, -0.1) is 0 Å². The van der Waals surface area contributed by atoms with E-state index in [1.54, 1.807) is 0 Å². The quantitative estimate of drug-likeness (QED) is 0.0775. The van der Waals surface area contributed by atoms with Gasteiger partial charge in [-0.3, -0.25) is 0 Å². The van der Waals surface area contributed by atoms with E-state index in [0.717, 1.165) is 58.1 Å². The summed E-state index contributed by atoms with van der Waals surface area (Å²) < 4.78 is 7.22. The summed E-state index contributed by atoms with van der Waals surface area (Å²) in [5, 5.41) is 6.37. The average Bonchev–Trinajstić information content (AvgIpc) is 3.44. The third-order valence-corrected chi connectivity index (χ3v) is 19.2. The van der Waals surface area contributed by atoms with Crippen LogP contribution >= 0.6 is 0 Å². The standard InChI is InChI=1S/C59H57NOSi/c1-8-11-25-46(10-3)62(47-26-14-12-13-15-27-47)56-33-21-30-49(57(56)61-55(22-9-2)58(62)41(4)5)43-34-36-44(37-35-43)60(54-32-20-24-42-23-16-17-28-48(42)54)45-38-39-51-50-29-18-19-31-52(50)59(6,7)53(51)40-45/h8-11,14,16-26,28-40,47H,1,4,12-13,15,27H2,2-3,5-7H3/b22-9-,25-11-,46-10+. The minimum absolute atomic E-state index is 0.119. The highest BCUT2D eigenvalue weighted by Gasteiger charge is 2.53. The minimum atomic E-state index is -2.81. The fourth-order valence-electron chi connectivity index (χ4n) is 10.8. The Kier molecular flexibility index (Phi) is 11.1. The molecule has 0 aromatic heterocycles. The predicted molar refractivity (Wildman–Crippen MR) is 269 cm³/mol. The largest absolute Gasteiger partial charge is 0.457 e. The molecule has 1 aliphatic heterocycles. The number of ether oxygens (including phenoxy) is 1. The number of nitrogens with zero attached hydrogens (tertiary/aromatic N) is 1. The molecule has 3 aliphatic rings. The molecule has 2 nitrogen and oxygen atoms in total. The van der Waals surface area contributed by atoms with Crippen molar-refractivity contribution < 1.29 is 4.74 Å². The van der Waals surface area contributed by atoms with Crippen LogP contribution in [0.4, 0.5) is 17.1 Å². The van der Waals surface area contributed by atoms with Gasteiger partial charge in [0, 0.05) is 27.7 Å². The fourth-order valence-corrected chi connectivity index (χ4v) is 16.9. The molecule has 2 unspecified atom stereocenters. The Balaban J connectivity index is 1.23. The Morgan fingerprint density at radius 3 is 2.31 bits per heavy atom. The van der Waals surface area contributed by atoms with E-state index in [0.29, 0.717) is 5.54 Å². The van der Waals surface area contributed by atoms with Crippen molar-refractivity contribution in [3.63, 3.8) is 0 Å². The number of hydrogen-bond acceptors (Lipinski definition) is 2. The number of benzene rings is 6. The maximum absolute atomic E-state index is 7.22. The first-order chi connectivity index (χ1) is 30.2. The lowest BCUT2D eigenvalue weighted by atomic mass is 9.82. The van der Waals surface area contributed by atoms with E-state index in [-0.39, 0.29) is 5.41 Å². The molecular weight excluding hydrogens is 767 g/mol. The van der Waals surface area contributed by atoms with Crippen LogP contribution in [0.25, 0.3) is 33.0 Å². The Bertz CT molecular complexity index is 2880. The summed E-state index contributed by atoms with van der Waals surface area (Å²) in [6, 6.07) is 47.3. The molecule has 0 amide bonds. The molecule has 62 heavy (non-hydrogen) atoms. The molecule has 0 radical (unpaired) electrons. The number of allylic oxidation sites excluding steroid dienone is 11. The van der Waals surface area contributed by atoms with Crippen LogP contribution in [0.1, 0.15) is 71.4 Å². The lowest BCUT2D eigenvalue weighted by molar-refractivity contribution is 0.442. The van der Waals surface area contributed by atoms with Gasteiger partial charge in [0.25, 0.3) is 0 Å². The fraction of sp³-hybridized carbons (Fsp3) is 0.186. The molecule has 0 saturated carbocycles. The second-order valence-corrected chi connectivity index (χ2v) is 21.5. The molecule has 6 aromatic carbocycles. The smallest absolute Gasteiger partial charge is 0.164 e. The monoisotopic (exact) mass is 823 g/mol. The van der Waals surface area contributed by atoms with Crippen molar-refractivity contribution in [3.8, 4) is 28.0 Å². The van der Waals surface area contributed by atoms with E-state index in [1.807, 2.05) is 6.08 Å². The van der Waals surface area contributed by atoms with Crippen molar-refractivity contribution in [1.29, 1.82) is 0 Å². The highest BCUT2D eigenvalue weighted by molar-refractivity contribution is 7.06. The van der Waals surface area contributed by atoms with Crippen LogP contribution in [0, 0.1) is 0 Å². The molecular formula is C59H57NOSi. The number of anilines is 3. The van der Waals surface area contributed by atoms with E-state index in [9.17, 15) is 0 Å². The van der Waals surface area contributed by atoms with E-state index in [2.05, 4.69) is 223 Å². The Hall–Kier alpha value is -6.42. The summed E-state index contributed by atoms with van der Waals surface area (Å²) in [4.78, 5) is 2.44. The maximum Gasteiger partial charge on any atom is 0.164 e. The molecule has 2 aliphatic carbocycles. The van der Waals surface area contributed by atoms with Crippen LogP contribution in [-0.4, -0.2) is 8.07 Å². The molecule has 6 aromatic rings. The van der Waals surface area contributed by atoms with E-state index >= 15 is 0 Å². The average molecular weight is 824 g/mol. The SMILES string of the molecule is C=C/C=C\C(=C/C)[Si]1(C2C=CCCCC2)C(C(=C)C)=C(/C=C\C)Oc2c(-c3ccc(N(c4ccc5c(c4)C(C)(C)c4ccccc4-5)c4cccc5ccccc45)cc3)cccc21. The topological polar surface area (TPSA) is 12.5 Å². The van der Waals surface area contributed by atoms with E-state index in [4.69, 9.17) is 4.74 Å². The van der Waals surface area contributed by atoms with Crippen molar-refractivity contribution in [2.45, 2.75) is 71.3 Å². The summed E-state index contributed by atoms with van der Waals surface area (Å²) in [6.45, 7) is 19.9. The Labute approximate surface area is 370 Å². The normalized spacial score (nSPS) is 19.2. The van der Waals surface area contributed by atoms with Crippen LogP contribution in [0.5, 0.6) is 5.75 Å². The van der Waals surface area contributed by atoms with Gasteiger partial charge in [0.15, 0.2) is 8.07 Å². The van der Waals surface area contributed by atoms with Crippen LogP contribution in [0.2, 0.25) is 5.54 Å². The number of hydrogen-bond donors (Lipinski definition) is 0. The van der Waals surface area contributed by atoms with Crippen molar-refractivity contribution in [2.75, 3.05) is 4.90 Å². The first-order valence-electron chi connectivity index (χ1n) is 22.3. The third kappa shape index (κ3) is 6.71. The van der Waals surface area contributed by atoms with Gasteiger partial charge >= 0.3 is 0 Å². The van der Waals surface area contributed by atoms with Crippen molar-refractivity contribution >= 4 is 41.1 Å². The van der Waals surface area contributed by atoms with Gasteiger partial charge in [0.2, 0.25) is 0 Å². The Morgan fingerprint density at radius 2 is 1.52 bits per heavy atom. The van der Waals surface area contributed by atoms with Crippen LogP contribution in [-0.2, 0) is 5.41 Å². The Morgan fingerprint density at radius 1 is 0.790 bits per heavy atom. The lowest BCUT2D eigenvalue weighted by Crippen LogP contribution is -2.58. The zero-order chi connectivity index (χ0) is 43.0. The molecule has 0 fully saturated rings. The van der Waals surface area contributed by atoms with Crippen LogP contribution in [0.3, 0.4) is 0 Å². The molecule has 3 heteroatoms. The van der Waals surface area contributed by atoms with E-state index < -0.39 is 8.07 Å². The second-order valence-electron chi connectivity index (χ2n) is 17.6. The zero-order valence-corrected chi connectivity index (χ0v) is 37.9. The summed E-state index contributed by atoms with van der Waals surface area (Å²) in [6.07, 6.45) is 22.5. The number of para-hydroxylation sites is 1. The van der Waals surface area contributed by atoms with Crippen LogP contribution < -0.4 is 14.8 Å². The molecule has 0 saturated heterocycles. The van der Waals surface area contributed by atoms with Gasteiger partial charge in [0.05, 0.1) is 5.69 Å². The van der Waals surface area contributed by atoms with Gasteiger partial charge in [-0.25, -0.2) is 0 Å². The van der Waals surface area contributed by atoms with Crippen molar-refractivity contribution in [2.24, 2.45) is 0 Å². The molecule has 0 spiro atoms. The summed E-state index contributed by atoms with van der Waals surface area (Å²) in [5.41, 5.74) is 12.3. The highest BCUT2D eigenvalue weighted by Crippen LogP contribution is 2.53. The van der Waals surface area contributed by atoms with Gasteiger partial charge in [-0.2, -0.15) is 0 Å². The first-order valence-corrected chi connectivity index (χ1v) is 24.4. The third-order valence-electron chi connectivity index (χ3n) is 13.5. The zero-order valence-electron chi connectivity index (χ0n) is 36.9. The maximum atomic E-state index is 7.22. The predicted octanol–water partition coefficient (Wildman–Crippen LogP) is 16.0. The summed E-state index contributed by atoms with van der Waals surface area (Å²) in [5.74, 6) is 1.87. The minimum Gasteiger partial charge on any atom is -0.457 e. The van der Waals surface area contributed by atoms with Crippen molar-refractivity contribution in [1.82, 2.24) is 0 Å². The van der Waals surface area contributed by atoms with Crippen molar-refractivity contribution in [3.05, 3.63) is 222 Å². The molecule has 0 N–H and O–H groups in total. The number of fused-ring (bicyclic) bond motifs is 5. The number of rotatable bonds is 10. The highest BCUT2D eigenvalue weighted by atomic mass is 28.3. The second kappa shape index (κ2) is 16.8. The van der Waals surface area contributed by atoms with E-state index in [1.165, 1.54) is 61.4 Å². The van der Waals surface area contributed by atoms with Crippen LogP contribution in [0.15, 0.2) is 211 Å². The molecule has 9 rings (SSSR count). The molecule has 2 atom stereocenters.